The fraction of sp³-hybridized carbons (Fsp3) is 0.433. The number of ether oxygens (including phenoxy) is 1. The van der Waals surface area contributed by atoms with Gasteiger partial charge >= 0.3 is 0 Å². The third kappa shape index (κ3) is 6.58. The van der Waals surface area contributed by atoms with E-state index in [1.54, 1.807) is 30.0 Å². The van der Waals surface area contributed by atoms with Gasteiger partial charge in [0.15, 0.2) is 0 Å². The molecule has 0 aromatic heterocycles. The van der Waals surface area contributed by atoms with Crippen molar-refractivity contribution >= 4 is 27.3 Å². The number of hydrogen-bond donors (Lipinski definition) is 1. The molecule has 0 bridgehead atoms. The molecule has 216 valence electrons. The van der Waals surface area contributed by atoms with E-state index in [2.05, 4.69) is 5.32 Å². The molecule has 2 aromatic rings. The van der Waals surface area contributed by atoms with Crippen LogP contribution in [0.1, 0.15) is 50.6 Å². The quantitative estimate of drug-likeness (QED) is 0.291. The lowest BCUT2D eigenvalue weighted by Crippen LogP contribution is -2.52. The molecule has 0 radical (unpaired) electrons. The van der Waals surface area contributed by atoms with Crippen molar-refractivity contribution in [3.63, 3.8) is 0 Å². The van der Waals surface area contributed by atoms with Crippen LogP contribution in [-0.2, 0) is 14.6 Å². The molecule has 2 aliphatic rings. The Kier molecular flexibility index (Phi) is 9.69. The lowest BCUT2D eigenvalue weighted by Gasteiger charge is -2.34. The minimum atomic E-state index is -4.57. The Morgan fingerprint density at radius 3 is 2.55 bits per heavy atom. The van der Waals surface area contributed by atoms with Crippen LogP contribution >= 0.6 is 11.6 Å². The van der Waals surface area contributed by atoms with Crippen molar-refractivity contribution in [2.24, 2.45) is 5.92 Å². The Hall–Kier alpha value is -2.75. The summed E-state index contributed by atoms with van der Waals surface area (Å²) < 4.78 is 63.4. The van der Waals surface area contributed by atoms with E-state index < -0.39 is 32.7 Å². The molecule has 6 nitrogen and oxygen atoms in total. The topological polar surface area (TPSA) is 75.7 Å². The highest BCUT2D eigenvalue weighted by Crippen LogP contribution is 2.38. The van der Waals surface area contributed by atoms with Gasteiger partial charge in [-0.25, -0.2) is 17.2 Å². The molecule has 4 rings (SSSR count). The van der Waals surface area contributed by atoms with E-state index in [1.165, 1.54) is 24.3 Å². The zero-order chi connectivity index (χ0) is 28.9. The molecule has 2 aliphatic carbocycles. The van der Waals surface area contributed by atoms with Crippen molar-refractivity contribution in [1.82, 2.24) is 10.2 Å². The maximum absolute atomic E-state index is 16.4. The summed E-state index contributed by atoms with van der Waals surface area (Å²) in [6, 6.07) is 10.3. The molecular formula is C30H35ClF2N2O4S. The molecule has 0 spiro atoms. The number of rotatable bonds is 12. The summed E-state index contributed by atoms with van der Waals surface area (Å²) in [6.07, 6.45) is 7.10. The SMILES string of the molecule is CC(NC1C=C(F)C=CC1(F)S(=O)(=O)c1ccc(Cl)cc1)c1ccccc1OCCCCN(C)C(=O)C1CCC1. The summed E-state index contributed by atoms with van der Waals surface area (Å²) >= 11 is 5.88. The average molecular weight is 593 g/mol. The maximum atomic E-state index is 16.4. The first kappa shape index (κ1) is 30.2. The number of para-hydroxylation sites is 1. The predicted octanol–water partition coefficient (Wildman–Crippen LogP) is 6.34. The zero-order valence-electron chi connectivity index (χ0n) is 22.7. The highest BCUT2D eigenvalue weighted by atomic mass is 35.5. The van der Waals surface area contributed by atoms with E-state index in [0.29, 0.717) is 29.5 Å². The van der Waals surface area contributed by atoms with Gasteiger partial charge in [-0.15, -0.1) is 0 Å². The van der Waals surface area contributed by atoms with Crippen LogP contribution in [0.4, 0.5) is 8.78 Å². The molecular weight excluding hydrogens is 558 g/mol. The summed E-state index contributed by atoms with van der Waals surface area (Å²) in [5.74, 6) is 0.202. The van der Waals surface area contributed by atoms with Crippen LogP contribution in [0.25, 0.3) is 0 Å². The van der Waals surface area contributed by atoms with E-state index in [-0.39, 0.29) is 16.7 Å². The Morgan fingerprint density at radius 2 is 1.88 bits per heavy atom. The number of amides is 1. The van der Waals surface area contributed by atoms with E-state index in [4.69, 9.17) is 16.3 Å². The predicted molar refractivity (Wildman–Crippen MR) is 152 cm³/mol. The minimum absolute atomic E-state index is 0.175. The van der Waals surface area contributed by atoms with E-state index >= 15 is 4.39 Å². The number of hydrogen-bond acceptors (Lipinski definition) is 5. The monoisotopic (exact) mass is 592 g/mol. The molecule has 40 heavy (non-hydrogen) atoms. The van der Waals surface area contributed by atoms with Gasteiger partial charge in [-0.3, -0.25) is 10.1 Å². The molecule has 10 heteroatoms. The van der Waals surface area contributed by atoms with Gasteiger partial charge < -0.3 is 9.64 Å². The highest BCUT2D eigenvalue weighted by molar-refractivity contribution is 7.93. The van der Waals surface area contributed by atoms with Crippen molar-refractivity contribution < 1.29 is 26.7 Å². The third-order valence-electron chi connectivity index (χ3n) is 7.55. The number of sulfone groups is 1. The van der Waals surface area contributed by atoms with E-state index in [0.717, 1.165) is 50.3 Å². The van der Waals surface area contributed by atoms with Crippen molar-refractivity contribution in [1.29, 1.82) is 0 Å². The third-order valence-corrected chi connectivity index (χ3v) is 9.91. The molecule has 1 saturated carbocycles. The number of carbonyl (C=O) groups excluding carboxylic acids is 1. The Bertz CT molecular complexity index is 1360. The van der Waals surface area contributed by atoms with Crippen LogP contribution in [0, 0.1) is 5.92 Å². The summed E-state index contributed by atoms with van der Waals surface area (Å²) in [7, 11) is -2.74. The first-order valence-corrected chi connectivity index (χ1v) is 15.4. The van der Waals surface area contributed by atoms with E-state index in [9.17, 15) is 17.6 Å². The Morgan fingerprint density at radius 1 is 1.18 bits per heavy atom. The lowest BCUT2D eigenvalue weighted by atomic mass is 9.84. The first-order valence-electron chi connectivity index (χ1n) is 13.5. The summed E-state index contributed by atoms with van der Waals surface area (Å²) in [6.45, 7) is 2.81. The van der Waals surface area contributed by atoms with Gasteiger partial charge in [0.2, 0.25) is 15.7 Å². The molecule has 0 saturated heterocycles. The van der Waals surface area contributed by atoms with Crippen LogP contribution in [0.5, 0.6) is 5.75 Å². The number of benzene rings is 2. The number of halogens is 3. The number of unbranched alkanes of at least 4 members (excludes halogenated alkanes) is 1. The fourth-order valence-corrected chi connectivity index (χ4v) is 6.58. The van der Waals surface area contributed by atoms with E-state index in [1.807, 2.05) is 13.1 Å². The molecule has 0 aliphatic heterocycles. The minimum Gasteiger partial charge on any atom is -0.493 e. The zero-order valence-corrected chi connectivity index (χ0v) is 24.2. The van der Waals surface area contributed by atoms with Gasteiger partial charge in [-0.1, -0.05) is 36.2 Å². The van der Waals surface area contributed by atoms with Crippen LogP contribution < -0.4 is 10.1 Å². The smallest absolute Gasteiger partial charge is 0.252 e. The Balaban J connectivity index is 1.41. The number of carbonyl (C=O) groups is 1. The highest BCUT2D eigenvalue weighted by Gasteiger charge is 2.51. The summed E-state index contributed by atoms with van der Waals surface area (Å²) in [5, 5.41) is 0.332. The maximum Gasteiger partial charge on any atom is 0.252 e. The van der Waals surface area contributed by atoms with Crippen molar-refractivity contribution in [2.75, 3.05) is 20.2 Å². The van der Waals surface area contributed by atoms with Gasteiger partial charge in [0.1, 0.15) is 11.6 Å². The van der Waals surface area contributed by atoms with Gasteiger partial charge in [0.05, 0.1) is 17.5 Å². The number of alkyl halides is 1. The number of nitrogens with zero attached hydrogens (tertiary/aromatic N) is 1. The first-order chi connectivity index (χ1) is 19.0. The molecule has 0 heterocycles. The second-order valence-corrected chi connectivity index (χ2v) is 12.9. The molecule has 3 atom stereocenters. The largest absolute Gasteiger partial charge is 0.493 e. The normalized spacial score (nSPS) is 21.8. The fourth-order valence-electron chi connectivity index (χ4n) is 4.88. The van der Waals surface area contributed by atoms with Crippen LogP contribution in [0.3, 0.4) is 0 Å². The van der Waals surface area contributed by atoms with Crippen LogP contribution in [0.2, 0.25) is 5.02 Å². The van der Waals surface area contributed by atoms with Gasteiger partial charge in [-0.05, 0) is 81.2 Å². The molecule has 3 unspecified atom stereocenters. The summed E-state index contributed by atoms with van der Waals surface area (Å²) in [4.78, 5) is 13.8. The van der Waals surface area contributed by atoms with Crippen molar-refractivity contribution in [3.8, 4) is 5.75 Å². The molecule has 1 N–H and O–H groups in total. The molecule has 1 amide bonds. The number of allylic oxidation sites excluding steroid dienone is 2. The Labute approximate surface area is 240 Å². The average Bonchev–Trinajstić information content (AvgIpc) is 2.89. The van der Waals surface area contributed by atoms with Gasteiger partial charge in [-0.2, -0.15) is 0 Å². The van der Waals surface area contributed by atoms with Crippen LogP contribution in [-0.4, -0.2) is 50.5 Å². The van der Waals surface area contributed by atoms with Crippen molar-refractivity contribution in [2.45, 2.75) is 61.0 Å². The summed E-state index contributed by atoms with van der Waals surface area (Å²) in [5.41, 5.74) is 0.675. The molecule has 2 aromatic carbocycles. The second kappa shape index (κ2) is 12.8. The number of nitrogens with one attached hydrogen (secondary N) is 1. The lowest BCUT2D eigenvalue weighted by molar-refractivity contribution is -0.136. The second-order valence-electron chi connectivity index (χ2n) is 10.4. The van der Waals surface area contributed by atoms with Gasteiger partial charge in [0.25, 0.3) is 5.00 Å². The standard InChI is InChI=1S/C30H35ClF2N2O4S/c1-21(26-10-3-4-11-27(26)39-19-6-5-18-35(2)29(36)22-8-7-9-22)34-28-20-24(32)16-17-30(28,33)40(37,38)25-14-12-23(31)13-15-25/h3-4,10-17,20-22,28,34H,5-9,18-19H2,1-2H3. The van der Waals surface area contributed by atoms with Crippen LogP contribution in [0.15, 0.2) is 77.5 Å². The molecule has 1 fully saturated rings. The van der Waals surface area contributed by atoms with Crippen molar-refractivity contribution in [3.05, 3.63) is 83.2 Å². The van der Waals surface area contributed by atoms with Gasteiger partial charge in [0, 0.05) is 36.1 Å².